The first-order chi connectivity index (χ1) is 19.1. The minimum Gasteiger partial charge on any atom is -0.468 e. The molecule has 9 nitrogen and oxygen atoms in total. The molecular formula is C30H36N6O3S. The van der Waals surface area contributed by atoms with Crippen molar-refractivity contribution in [3.63, 3.8) is 0 Å². The van der Waals surface area contributed by atoms with Gasteiger partial charge in [0.25, 0.3) is 0 Å². The van der Waals surface area contributed by atoms with Gasteiger partial charge in [0.05, 0.1) is 26.9 Å². The number of aryl methyl sites for hydroxylation is 2. The number of rotatable bonds is 6. The number of anilines is 4. The Labute approximate surface area is 235 Å². The van der Waals surface area contributed by atoms with Crippen molar-refractivity contribution in [3.8, 4) is 5.75 Å². The molecule has 10 heteroatoms. The number of aromatic amines is 1. The summed E-state index contributed by atoms with van der Waals surface area (Å²) >= 11 is 0. The Morgan fingerprint density at radius 1 is 1.07 bits per heavy atom. The molecule has 3 N–H and O–H groups in total. The number of nitrogens with one attached hydrogen (secondary N) is 3. The van der Waals surface area contributed by atoms with E-state index < -0.39 is 15.1 Å². The third-order valence-corrected chi connectivity index (χ3v) is 10.3. The smallest absolute Gasteiger partial charge is 0.237 e. The van der Waals surface area contributed by atoms with Crippen molar-refractivity contribution in [2.45, 2.75) is 69.8 Å². The highest BCUT2D eigenvalue weighted by atomic mass is 32.2. The quantitative estimate of drug-likeness (QED) is 0.270. The minimum absolute atomic E-state index is 0.246. The van der Waals surface area contributed by atoms with Crippen LogP contribution >= 0.6 is 0 Å². The third kappa shape index (κ3) is 4.49. The van der Waals surface area contributed by atoms with Crippen molar-refractivity contribution in [2.75, 3.05) is 23.3 Å². The van der Waals surface area contributed by atoms with Crippen LogP contribution in [0, 0.1) is 13.8 Å². The molecule has 1 saturated heterocycles. The van der Waals surface area contributed by atoms with Gasteiger partial charge in [0, 0.05) is 6.20 Å². The summed E-state index contributed by atoms with van der Waals surface area (Å²) in [6, 6.07) is 11.3. The molecule has 4 heterocycles. The zero-order chi connectivity index (χ0) is 28.2. The van der Waals surface area contributed by atoms with Crippen LogP contribution in [0.15, 0.2) is 47.5 Å². The van der Waals surface area contributed by atoms with Gasteiger partial charge in [0.15, 0.2) is 16.1 Å². The predicted octanol–water partition coefficient (Wildman–Crippen LogP) is 5.84. The lowest BCUT2D eigenvalue weighted by Gasteiger charge is -2.25. The molecule has 0 aliphatic carbocycles. The molecule has 0 radical (unpaired) electrons. The molecule has 4 aromatic rings. The molecule has 0 bridgehead atoms. The molecule has 1 fully saturated rings. The number of aromatic nitrogens is 3. The van der Waals surface area contributed by atoms with Crippen molar-refractivity contribution in [1.29, 1.82) is 0 Å². The second-order valence-electron chi connectivity index (χ2n) is 11.1. The number of benzene rings is 2. The fraction of sp³-hybridized carbons (Fsp3) is 0.400. The monoisotopic (exact) mass is 560 g/mol. The summed E-state index contributed by atoms with van der Waals surface area (Å²) in [6.07, 6.45) is 3.81. The number of ether oxygens (including phenoxy) is 1. The maximum absolute atomic E-state index is 13.1. The van der Waals surface area contributed by atoms with Gasteiger partial charge in [-0.3, -0.25) is 4.90 Å². The first-order valence-electron chi connectivity index (χ1n) is 13.9. The van der Waals surface area contributed by atoms with E-state index in [1.165, 1.54) is 11.1 Å². The average molecular weight is 561 g/mol. The SMILES string of the molecule is Cc1cc2c(cc1C1CCNCC1)OC(C)N2c1nc(Nc2ccccc2S(=O)(=O)C(C)C)c2c(C)c[nH]c2n1. The summed E-state index contributed by atoms with van der Waals surface area (Å²) in [5, 5.41) is 7.05. The van der Waals surface area contributed by atoms with Crippen LogP contribution in [-0.4, -0.2) is 47.9 Å². The molecule has 1 unspecified atom stereocenters. The molecule has 1 atom stereocenters. The Morgan fingerprint density at radius 2 is 1.82 bits per heavy atom. The van der Waals surface area contributed by atoms with Gasteiger partial charge in [-0.2, -0.15) is 9.97 Å². The minimum atomic E-state index is -3.52. The van der Waals surface area contributed by atoms with Crippen LogP contribution in [-0.2, 0) is 9.84 Å². The summed E-state index contributed by atoms with van der Waals surface area (Å²) in [4.78, 5) is 15.4. The van der Waals surface area contributed by atoms with Crippen molar-refractivity contribution in [2.24, 2.45) is 0 Å². The number of sulfone groups is 1. The molecule has 2 aliphatic rings. The summed E-state index contributed by atoms with van der Waals surface area (Å²) in [6.45, 7) is 11.6. The van der Waals surface area contributed by atoms with E-state index in [4.69, 9.17) is 14.7 Å². The Kier molecular flexibility index (Phi) is 6.70. The van der Waals surface area contributed by atoms with Gasteiger partial charge in [-0.15, -0.1) is 0 Å². The van der Waals surface area contributed by atoms with Crippen LogP contribution < -0.4 is 20.3 Å². The number of hydrogen-bond acceptors (Lipinski definition) is 8. The van der Waals surface area contributed by atoms with Gasteiger partial charge in [-0.05, 0) is 107 Å². The number of para-hydroxylation sites is 1. The maximum atomic E-state index is 13.1. The van der Waals surface area contributed by atoms with Gasteiger partial charge in [-0.1, -0.05) is 12.1 Å². The topological polar surface area (TPSA) is 112 Å². The van der Waals surface area contributed by atoms with E-state index >= 15 is 0 Å². The van der Waals surface area contributed by atoms with E-state index in [1.54, 1.807) is 32.0 Å². The van der Waals surface area contributed by atoms with Gasteiger partial charge >= 0.3 is 0 Å². The highest BCUT2D eigenvalue weighted by molar-refractivity contribution is 7.92. The number of fused-ring (bicyclic) bond motifs is 2. The van der Waals surface area contributed by atoms with E-state index in [0.29, 0.717) is 29.0 Å². The zero-order valence-corrected chi connectivity index (χ0v) is 24.4. The largest absolute Gasteiger partial charge is 0.468 e. The van der Waals surface area contributed by atoms with Gasteiger partial charge < -0.3 is 20.4 Å². The number of nitrogens with zero attached hydrogens (tertiary/aromatic N) is 3. The Balaban J connectivity index is 1.44. The van der Waals surface area contributed by atoms with Crippen LogP contribution in [0.5, 0.6) is 5.75 Å². The fourth-order valence-corrected chi connectivity index (χ4v) is 7.02. The standard InChI is InChI=1S/C30H36N6O3S/c1-17(2)40(37,38)26-9-7-6-8-23(26)33-29-27-19(4)16-32-28(27)34-30(35-29)36-20(5)39-25-15-22(18(3)14-24(25)36)21-10-12-31-13-11-21/h6-9,14-17,20-21,31H,10-13H2,1-5H3,(H2,32,33,34,35). The normalized spacial score (nSPS) is 17.9. The summed E-state index contributed by atoms with van der Waals surface area (Å²) < 4.78 is 32.6. The Bertz CT molecular complexity index is 1690. The molecule has 6 rings (SSSR count). The maximum Gasteiger partial charge on any atom is 0.237 e. The van der Waals surface area contributed by atoms with E-state index in [9.17, 15) is 8.42 Å². The first kappa shape index (κ1) is 26.6. The van der Waals surface area contributed by atoms with E-state index in [1.807, 2.05) is 31.0 Å². The summed E-state index contributed by atoms with van der Waals surface area (Å²) in [5.41, 5.74) is 5.61. The van der Waals surface area contributed by atoms with Crippen molar-refractivity contribution in [3.05, 3.63) is 59.3 Å². The molecule has 0 saturated carbocycles. The average Bonchev–Trinajstić information content (AvgIpc) is 3.47. The van der Waals surface area contributed by atoms with E-state index in [2.05, 4.69) is 34.7 Å². The van der Waals surface area contributed by atoms with Crippen LogP contribution in [0.1, 0.15) is 56.2 Å². The van der Waals surface area contributed by atoms with Gasteiger partial charge in [-0.25, -0.2) is 8.42 Å². The molecular weight excluding hydrogens is 524 g/mol. The van der Waals surface area contributed by atoms with Crippen LogP contribution in [0.4, 0.5) is 23.1 Å². The predicted molar refractivity (Wildman–Crippen MR) is 159 cm³/mol. The fourth-order valence-electron chi connectivity index (χ4n) is 5.82. The number of hydrogen-bond donors (Lipinski definition) is 3. The second-order valence-corrected chi connectivity index (χ2v) is 13.5. The molecule has 40 heavy (non-hydrogen) atoms. The molecule has 0 amide bonds. The zero-order valence-electron chi connectivity index (χ0n) is 23.6. The Morgan fingerprint density at radius 3 is 2.58 bits per heavy atom. The first-order valence-corrected chi connectivity index (χ1v) is 15.5. The Hall–Kier alpha value is -3.63. The van der Waals surface area contributed by atoms with E-state index in [0.717, 1.165) is 48.3 Å². The lowest BCUT2D eigenvalue weighted by molar-refractivity contribution is 0.254. The molecule has 0 spiro atoms. The third-order valence-electron chi connectivity index (χ3n) is 8.05. The van der Waals surface area contributed by atoms with Crippen LogP contribution in [0.25, 0.3) is 11.0 Å². The number of piperidine rings is 1. The van der Waals surface area contributed by atoms with Gasteiger partial charge in [0.2, 0.25) is 5.95 Å². The van der Waals surface area contributed by atoms with Gasteiger partial charge in [0.1, 0.15) is 17.2 Å². The summed E-state index contributed by atoms with van der Waals surface area (Å²) in [7, 11) is -3.52. The molecule has 2 aromatic heterocycles. The molecule has 2 aromatic carbocycles. The van der Waals surface area contributed by atoms with Crippen LogP contribution in [0.2, 0.25) is 0 Å². The highest BCUT2D eigenvalue weighted by Gasteiger charge is 2.34. The van der Waals surface area contributed by atoms with E-state index in [-0.39, 0.29) is 11.1 Å². The van der Waals surface area contributed by atoms with Crippen molar-refractivity contribution < 1.29 is 13.2 Å². The van der Waals surface area contributed by atoms with Crippen molar-refractivity contribution >= 4 is 44.0 Å². The van der Waals surface area contributed by atoms with Crippen molar-refractivity contribution in [1.82, 2.24) is 20.3 Å². The second kappa shape index (κ2) is 10.1. The molecule has 2 aliphatic heterocycles. The lowest BCUT2D eigenvalue weighted by atomic mass is 9.87. The summed E-state index contributed by atoms with van der Waals surface area (Å²) in [5.74, 6) is 2.36. The highest BCUT2D eigenvalue weighted by Crippen LogP contribution is 2.45. The van der Waals surface area contributed by atoms with Crippen LogP contribution in [0.3, 0.4) is 0 Å². The lowest BCUT2D eigenvalue weighted by Crippen LogP contribution is -2.29. The number of H-pyrrole nitrogens is 1. The molecule has 210 valence electrons.